The van der Waals surface area contributed by atoms with Crippen molar-refractivity contribution in [3.63, 3.8) is 0 Å². The molecule has 27 heavy (non-hydrogen) atoms. The maximum absolute atomic E-state index is 12.1. The number of benzene rings is 2. The van der Waals surface area contributed by atoms with E-state index in [1.165, 1.54) is 23.9 Å². The molecule has 3 aromatic rings. The van der Waals surface area contributed by atoms with E-state index >= 15 is 0 Å². The van der Waals surface area contributed by atoms with Crippen LogP contribution in [-0.4, -0.2) is 28.3 Å². The number of aromatic nitrogens is 1. The summed E-state index contributed by atoms with van der Waals surface area (Å²) in [4.78, 5) is 23.2. The molecule has 9 heteroatoms. The first-order valence-electron chi connectivity index (χ1n) is 7.91. The number of nitrogens with one attached hydrogen (secondary N) is 1. The summed E-state index contributed by atoms with van der Waals surface area (Å²) in [6.45, 7) is 0.420. The Labute approximate surface area is 163 Å². The Kier molecular flexibility index (Phi) is 6.10. The molecule has 0 aliphatic carbocycles. The molecule has 1 amide bonds. The van der Waals surface area contributed by atoms with Crippen LogP contribution in [0.15, 0.2) is 64.0 Å². The highest BCUT2D eigenvalue weighted by atomic mass is 35.5. The molecule has 0 spiro atoms. The number of hydrogen-bond donors (Lipinski definition) is 1. The molecule has 1 N–H and O–H groups in total. The lowest BCUT2D eigenvalue weighted by atomic mass is 10.1. The number of nitro groups is 1. The number of non-ortho nitro benzene ring substituents is 1. The van der Waals surface area contributed by atoms with E-state index in [0.29, 0.717) is 23.1 Å². The summed E-state index contributed by atoms with van der Waals surface area (Å²) >= 11 is 7.34. The lowest BCUT2D eigenvalue weighted by molar-refractivity contribution is -0.384. The van der Waals surface area contributed by atoms with Gasteiger partial charge in [0.1, 0.15) is 0 Å². The Morgan fingerprint density at radius 1 is 1.19 bits per heavy atom. The Morgan fingerprint density at radius 3 is 2.56 bits per heavy atom. The minimum Gasteiger partial charge on any atom is -0.355 e. The molecule has 0 saturated carbocycles. The van der Waals surface area contributed by atoms with Crippen molar-refractivity contribution in [1.29, 1.82) is 0 Å². The lowest BCUT2D eigenvalue weighted by Gasteiger charge is -2.03. The third-order valence-corrected chi connectivity index (χ3v) is 4.84. The first-order valence-corrected chi connectivity index (χ1v) is 9.27. The van der Waals surface area contributed by atoms with Crippen LogP contribution in [0, 0.1) is 10.1 Å². The second-order valence-corrected chi connectivity index (χ2v) is 7.04. The van der Waals surface area contributed by atoms with E-state index in [1.54, 1.807) is 42.5 Å². The van der Waals surface area contributed by atoms with E-state index in [2.05, 4.69) is 10.5 Å². The number of nitro benzene ring substituents is 1. The Bertz CT molecular complexity index is 942. The van der Waals surface area contributed by atoms with Gasteiger partial charge in [0.05, 0.1) is 4.92 Å². The molecular weight excluding hydrogens is 390 g/mol. The van der Waals surface area contributed by atoms with Gasteiger partial charge >= 0.3 is 0 Å². The SMILES string of the molecule is O=C(NCCSc1ccc([N+](=O)[O-])cc1)c1cc(-c2ccc(Cl)cc2)on1. The summed E-state index contributed by atoms with van der Waals surface area (Å²) in [6.07, 6.45) is 0. The van der Waals surface area contributed by atoms with Gasteiger partial charge in [0.25, 0.3) is 11.6 Å². The molecule has 0 atom stereocenters. The van der Waals surface area contributed by atoms with Crippen molar-refractivity contribution in [2.75, 3.05) is 12.3 Å². The first kappa shape index (κ1) is 18.9. The van der Waals surface area contributed by atoms with Gasteiger partial charge in [-0.25, -0.2) is 0 Å². The summed E-state index contributed by atoms with van der Waals surface area (Å²) in [5.74, 6) is 0.770. The second kappa shape index (κ2) is 8.70. The number of hydrogen-bond acceptors (Lipinski definition) is 6. The molecule has 1 aromatic heterocycles. The Balaban J connectivity index is 1.48. The number of halogens is 1. The monoisotopic (exact) mass is 403 g/mol. The molecule has 0 fully saturated rings. The summed E-state index contributed by atoms with van der Waals surface area (Å²) < 4.78 is 5.20. The van der Waals surface area contributed by atoms with Crippen LogP contribution in [0.1, 0.15) is 10.5 Å². The number of thioether (sulfide) groups is 1. The van der Waals surface area contributed by atoms with Gasteiger partial charge in [0.15, 0.2) is 11.5 Å². The van der Waals surface area contributed by atoms with Crippen molar-refractivity contribution in [2.24, 2.45) is 0 Å². The van der Waals surface area contributed by atoms with E-state index in [1.807, 2.05) is 0 Å². The largest absolute Gasteiger partial charge is 0.355 e. The number of nitrogens with zero attached hydrogens (tertiary/aromatic N) is 2. The van der Waals surface area contributed by atoms with Crippen molar-refractivity contribution >= 4 is 35.0 Å². The predicted octanol–water partition coefficient (Wildman–Crippen LogP) is 4.43. The number of carbonyl (C=O) groups excluding carboxylic acids is 1. The molecule has 1 heterocycles. The summed E-state index contributed by atoms with van der Waals surface area (Å²) in [5, 5.41) is 17.8. The fourth-order valence-electron chi connectivity index (χ4n) is 2.22. The van der Waals surface area contributed by atoms with Crippen LogP contribution in [0.25, 0.3) is 11.3 Å². The van der Waals surface area contributed by atoms with Crippen molar-refractivity contribution in [3.05, 3.63) is 75.4 Å². The highest BCUT2D eigenvalue weighted by molar-refractivity contribution is 7.99. The highest BCUT2D eigenvalue weighted by Gasteiger charge is 2.13. The van der Waals surface area contributed by atoms with E-state index in [0.717, 1.165) is 10.5 Å². The Hall–Kier alpha value is -2.84. The molecular formula is C18H14ClN3O4S. The van der Waals surface area contributed by atoms with E-state index < -0.39 is 4.92 Å². The normalized spacial score (nSPS) is 10.6. The molecule has 3 rings (SSSR count). The van der Waals surface area contributed by atoms with Gasteiger partial charge in [-0.2, -0.15) is 0 Å². The zero-order valence-electron chi connectivity index (χ0n) is 13.9. The van der Waals surface area contributed by atoms with E-state index in [9.17, 15) is 14.9 Å². The van der Waals surface area contributed by atoms with Crippen molar-refractivity contribution in [2.45, 2.75) is 4.90 Å². The van der Waals surface area contributed by atoms with Crippen LogP contribution in [0.5, 0.6) is 0 Å². The average Bonchev–Trinajstić information content (AvgIpc) is 3.16. The highest BCUT2D eigenvalue weighted by Crippen LogP contribution is 2.23. The molecule has 0 saturated heterocycles. The Morgan fingerprint density at radius 2 is 1.89 bits per heavy atom. The van der Waals surface area contributed by atoms with Crippen molar-refractivity contribution < 1.29 is 14.2 Å². The van der Waals surface area contributed by atoms with Gasteiger partial charge in [-0.1, -0.05) is 16.8 Å². The zero-order valence-corrected chi connectivity index (χ0v) is 15.5. The quantitative estimate of drug-likeness (QED) is 0.271. The van der Waals surface area contributed by atoms with E-state index in [-0.39, 0.29) is 17.3 Å². The van der Waals surface area contributed by atoms with Crippen LogP contribution >= 0.6 is 23.4 Å². The minimum absolute atomic E-state index is 0.0511. The summed E-state index contributed by atoms with van der Waals surface area (Å²) in [5.41, 5.74) is 1.02. The maximum Gasteiger partial charge on any atom is 0.273 e. The van der Waals surface area contributed by atoms with Gasteiger partial charge in [-0.05, 0) is 36.4 Å². The molecule has 0 unspecified atom stereocenters. The molecule has 0 aliphatic rings. The smallest absolute Gasteiger partial charge is 0.273 e. The third-order valence-electron chi connectivity index (χ3n) is 3.58. The fraction of sp³-hybridized carbons (Fsp3) is 0.111. The number of carbonyl (C=O) groups is 1. The van der Waals surface area contributed by atoms with Crippen LogP contribution in [0.4, 0.5) is 5.69 Å². The predicted molar refractivity (Wildman–Crippen MR) is 103 cm³/mol. The second-order valence-electron chi connectivity index (χ2n) is 5.44. The van der Waals surface area contributed by atoms with Gasteiger partial charge in [-0.15, -0.1) is 11.8 Å². The fourth-order valence-corrected chi connectivity index (χ4v) is 3.11. The van der Waals surface area contributed by atoms with Gasteiger partial charge in [0.2, 0.25) is 0 Å². The average molecular weight is 404 g/mol. The maximum atomic E-state index is 12.1. The van der Waals surface area contributed by atoms with Gasteiger partial charge in [0, 0.05) is 46.0 Å². The molecule has 0 bridgehead atoms. The van der Waals surface area contributed by atoms with Crippen LogP contribution in [0.2, 0.25) is 5.02 Å². The van der Waals surface area contributed by atoms with E-state index in [4.69, 9.17) is 16.1 Å². The molecule has 138 valence electrons. The topological polar surface area (TPSA) is 98.3 Å². The molecule has 7 nitrogen and oxygen atoms in total. The lowest BCUT2D eigenvalue weighted by Crippen LogP contribution is -2.25. The molecule has 0 aliphatic heterocycles. The van der Waals surface area contributed by atoms with Gasteiger partial charge in [-0.3, -0.25) is 14.9 Å². The summed E-state index contributed by atoms with van der Waals surface area (Å²) in [7, 11) is 0. The number of rotatable bonds is 7. The molecule has 0 radical (unpaired) electrons. The van der Waals surface area contributed by atoms with Crippen LogP contribution in [-0.2, 0) is 0 Å². The molecule has 2 aromatic carbocycles. The number of amides is 1. The summed E-state index contributed by atoms with van der Waals surface area (Å²) in [6, 6.07) is 14.9. The van der Waals surface area contributed by atoms with Crippen molar-refractivity contribution in [1.82, 2.24) is 10.5 Å². The van der Waals surface area contributed by atoms with Crippen molar-refractivity contribution in [3.8, 4) is 11.3 Å². The van der Waals surface area contributed by atoms with Gasteiger partial charge < -0.3 is 9.84 Å². The van der Waals surface area contributed by atoms with Crippen LogP contribution in [0.3, 0.4) is 0 Å². The van der Waals surface area contributed by atoms with Crippen LogP contribution < -0.4 is 5.32 Å². The standard InChI is InChI=1S/C18H14ClN3O4S/c19-13-3-1-12(2-4-13)17-11-16(21-26-17)18(23)20-9-10-27-15-7-5-14(6-8-15)22(24)25/h1-8,11H,9-10H2,(H,20,23). The first-order chi connectivity index (χ1) is 13.0. The zero-order chi connectivity index (χ0) is 19.2. The minimum atomic E-state index is -0.440. The third kappa shape index (κ3) is 5.08.